The third kappa shape index (κ3) is 7.16. The molecule has 3 heterocycles. The number of nitrogens with two attached hydrogens (primary N) is 1. The van der Waals surface area contributed by atoms with Gasteiger partial charge in [0.1, 0.15) is 5.69 Å². The maximum Gasteiger partial charge on any atom is 0.283 e. The Morgan fingerprint density at radius 3 is 2.59 bits per heavy atom. The van der Waals surface area contributed by atoms with Crippen molar-refractivity contribution in [1.82, 2.24) is 30.3 Å². The van der Waals surface area contributed by atoms with Crippen molar-refractivity contribution in [2.24, 2.45) is 10.7 Å². The minimum Gasteiger partial charge on any atom is -0.494 e. The third-order valence-corrected chi connectivity index (χ3v) is 6.28. The predicted octanol–water partition coefficient (Wildman–Crippen LogP) is 2.49. The molecule has 41 heavy (non-hydrogen) atoms. The van der Waals surface area contributed by atoms with Crippen LogP contribution in [0, 0.1) is 5.82 Å². The molecular weight excluding hydrogens is 543 g/mol. The molecule has 218 valence electrons. The van der Waals surface area contributed by atoms with Crippen LogP contribution in [0.2, 0.25) is 0 Å². The second-order valence-corrected chi connectivity index (χ2v) is 9.08. The van der Waals surface area contributed by atoms with Gasteiger partial charge in [-0.2, -0.15) is 0 Å². The van der Waals surface area contributed by atoms with Crippen molar-refractivity contribution in [3.63, 3.8) is 0 Å². The fourth-order valence-electron chi connectivity index (χ4n) is 4.16. The van der Waals surface area contributed by atoms with Crippen LogP contribution in [0.15, 0.2) is 47.0 Å². The minimum absolute atomic E-state index is 0.00653. The number of carbonyl (C=O) groups is 1. The lowest BCUT2D eigenvalue weighted by Gasteiger charge is -2.15. The SMILES string of the molecule is COC/C(N)=C(/C=NCc1cnc(N2CCCC2)nc1)C(=O)NCc1c(-n2cc(C(F)F)nn2)ccc(OC)c1F. The van der Waals surface area contributed by atoms with Crippen LogP contribution in [0.3, 0.4) is 0 Å². The number of anilines is 1. The highest BCUT2D eigenvalue weighted by molar-refractivity contribution is 6.12. The number of alkyl halides is 2. The van der Waals surface area contributed by atoms with Crippen molar-refractivity contribution >= 4 is 18.1 Å². The standard InChI is InChI=1S/C26H30F3N9O3/c1-40-15-19(30)17(12-31-9-16-10-33-26(34-11-16)37-7-3-4-8-37)25(39)32-13-18-21(5-6-22(41-2)23(18)27)38-14-20(24(28)29)35-36-38/h5-6,10-12,14,24H,3-4,7-9,13,15,30H2,1-2H3,(H,32,39)/b19-17+,31-12?. The van der Waals surface area contributed by atoms with Gasteiger partial charge in [-0.15, -0.1) is 5.10 Å². The second-order valence-electron chi connectivity index (χ2n) is 9.08. The van der Waals surface area contributed by atoms with E-state index in [4.69, 9.17) is 15.2 Å². The molecule has 12 nitrogen and oxygen atoms in total. The first kappa shape index (κ1) is 29.5. The van der Waals surface area contributed by atoms with Crippen LogP contribution in [-0.2, 0) is 22.6 Å². The van der Waals surface area contributed by atoms with Gasteiger partial charge in [-0.25, -0.2) is 27.8 Å². The fraction of sp³-hybridized carbons (Fsp3) is 0.385. The van der Waals surface area contributed by atoms with Crippen LogP contribution in [-0.4, -0.2) is 71.0 Å². The quantitative estimate of drug-likeness (QED) is 0.247. The van der Waals surface area contributed by atoms with Crippen molar-refractivity contribution in [2.75, 3.05) is 38.8 Å². The highest BCUT2D eigenvalue weighted by atomic mass is 19.3. The van der Waals surface area contributed by atoms with Gasteiger partial charge in [0.25, 0.3) is 12.3 Å². The van der Waals surface area contributed by atoms with Gasteiger partial charge in [0.05, 0.1) is 37.7 Å². The van der Waals surface area contributed by atoms with Crippen molar-refractivity contribution in [1.29, 1.82) is 0 Å². The summed E-state index contributed by atoms with van der Waals surface area (Å²) in [6.07, 6.45) is 5.00. The van der Waals surface area contributed by atoms with Gasteiger partial charge in [0.2, 0.25) is 5.95 Å². The van der Waals surface area contributed by atoms with Gasteiger partial charge >= 0.3 is 0 Å². The van der Waals surface area contributed by atoms with E-state index in [1.807, 2.05) is 0 Å². The maximum atomic E-state index is 15.2. The number of halogens is 3. The largest absolute Gasteiger partial charge is 0.494 e. The van der Waals surface area contributed by atoms with Crippen LogP contribution in [0.5, 0.6) is 5.75 Å². The molecule has 2 aromatic heterocycles. The zero-order valence-corrected chi connectivity index (χ0v) is 22.6. The molecule has 15 heteroatoms. The van der Waals surface area contributed by atoms with Crippen molar-refractivity contribution in [3.05, 3.63) is 64.6 Å². The van der Waals surface area contributed by atoms with E-state index in [9.17, 15) is 13.6 Å². The van der Waals surface area contributed by atoms with E-state index in [-0.39, 0.29) is 48.0 Å². The Labute approximate surface area is 234 Å². The molecule has 1 saturated heterocycles. The average molecular weight is 574 g/mol. The number of amides is 1. The van der Waals surface area contributed by atoms with Gasteiger partial charge in [-0.3, -0.25) is 9.79 Å². The first-order valence-corrected chi connectivity index (χ1v) is 12.7. The minimum atomic E-state index is -2.86. The topological polar surface area (TPSA) is 146 Å². The van der Waals surface area contributed by atoms with Gasteiger partial charge < -0.3 is 25.4 Å². The Hall–Kier alpha value is -4.53. The van der Waals surface area contributed by atoms with Gasteiger partial charge in [-0.1, -0.05) is 5.21 Å². The molecule has 0 atom stereocenters. The highest BCUT2D eigenvalue weighted by Gasteiger charge is 2.21. The monoisotopic (exact) mass is 573 g/mol. The van der Waals surface area contributed by atoms with E-state index < -0.39 is 23.8 Å². The van der Waals surface area contributed by atoms with Crippen molar-refractivity contribution in [3.8, 4) is 11.4 Å². The fourth-order valence-corrected chi connectivity index (χ4v) is 4.16. The van der Waals surface area contributed by atoms with Gasteiger partial charge in [0.15, 0.2) is 11.6 Å². The van der Waals surface area contributed by atoms with E-state index in [1.54, 1.807) is 12.4 Å². The first-order valence-electron chi connectivity index (χ1n) is 12.7. The lowest BCUT2D eigenvalue weighted by atomic mass is 10.1. The lowest BCUT2D eigenvalue weighted by molar-refractivity contribution is -0.117. The average Bonchev–Trinajstić information content (AvgIpc) is 3.68. The second kappa shape index (κ2) is 13.7. The Bertz CT molecular complexity index is 1400. The Balaban J connectivity index is 1.50. The van der Waals surface area contributed by atoms with Crippen molar-refractivity contribution < 1.29 is 27.4 Å². The van der Waals surface area contributed by atoms with Crippen molar-refractivity contribution in [2.45, 2.75) is 32.4 Å². The summed E-state index contributed by atoms with van der Waals surface area (Å²) in [5, 5.41) is 9.67. The molecule has 0 spiro atoms. The normalized spacial score (nSPS) is 14.1. The summed E-state index contributed by atoms with van der Waals surface area (Å²) in [4.78, 5) is 28.4. The number of nitrogens with one attached hydrogen (secondary N) is 1. The van der Waals surface area contributed by atoms with Crippen LogP contribution in [0.4, 0.5) is 19.1 Å². The molecule has 1 amide bonds. The summed E-state index contributed by atoms with van der Waals surface area (Å²) in [6, 6.07) is 2.73. The summed E-state index contributed by atoms with van der Waals surface area (Å²) in [5.74, 6) is -0.911. The molecule has 1 aromatic carbocycles. The molecule has 0 bridgehead atoms. The molecule has 4 rings (SSSR count). The highest BCUT2D eigenvalue weighted by Crippen LogP contribution is 2.27. The van der Waals surface area contributed by atoms with E-state index in [1.165, 1.54) is 32.6 Å². The number of aromatic nitrogens is 5. The molecule has 1 aliphatic rings. The molecule has 3 N–H and O–H groups in total. The van der Waals surface area contributed by atoms with E-state index in [2.05, 4.69) is 35.5 Å². The third-order valence-electron chi connectivity index (χ3n) is 6.28. The van der Waals surface area contributed by atoms with Gasteiger partial charge in [0, 0.05) is 62.2 Å². The molecule has 1 fully saturated rings. The Morgan fingerprint density at radius 1 is 1.22 bits per heavy atom. The summed E-state index contributed by atoms with van der Waals surface area (Å²) >= 11 is 0. The smallest absolute Gasteiger partial charge is 0.283 e. The number of methoxy groups -OCH3 is 2. The van der Waals surface area contributed by atoms with E-state index in [0.29, 0.717) is 5.95 Å². The predicted molar refractivity (Wildman–Crippen MR) is 143 cm³/mol. The molecule has 0 aliphatic carbocycles. The molecule has 0 saturated carbocycles. The van der Waals surface area contributed by atoms with Crippen LogP contribution < -0.4 is 20.7 Å². The number of ether oxygens (including phenoxy) is 2. The number of nitrogens with zero attached hydrogens (tertiary/aromatic N) is 7. The molecule has 0 radical (unpaired) electrons. The van der Waals surface area contributed by atoms with Gasteiger partial charge in [-0.05, 0) is 25.0 Å². The molecule has 0 unspecified atom stereocenters. The number of carbonyl (C=O) groups excluding carboxylic acids is 1. The lowest BCUT2D eigenvalue weighted by Crippen LogP contribution is -2.29. The number of hydrogen-bond acceptors (Lipinski definition) is 10. The summed E-state index contributed by atoms with van der Waals surface area (Å²) in [5.41, 5.74) is 6.35. The van der Waals surface area contributed by atoms with E-state index >= 15 is 4.39 Å². The van der Waals surface area contributed by atoms with Crippen LogP contribution in [0.25, 0.3) is 5.69 Å². The molecular formula is C26H30F3N9O3. The molecule has 3 aromatic rings. The zero-order chi connectivity index (χ0) is 29.4. The number of aliphatic imine (C=N–C) groups is 1. The van der Waals surface area contributed by atoms with Crippen LogP contribution in [0.1, 0.15) is 36.1 Å². The Kier molecular flexibility index (Phi) is 9.84. The first-order chi connectivity index (χ1) is 19.8. The van der Waals surface area contributed by atoms with Crippen LogP contribution >= 0.6 is 0 Å². The zero-order valence-electron chi connectivity index (χ0n) is 22.6. The molecule has 1 aliphatic heterocycles. The van der Waals surface area contributed by atoms with E-state index in [0.717, 1.165) is 42.4 Å². The Morgan fingerprint density at radius 2 is 1.95 bits per heavy atom. The number of hydrogen-bond donors (Lipinski definition) is 2. The summed E-state index contributed by atoms with van der Waals surface area (Å²) < 4.78 is 52.5. The maximum absolute atomic E-state index is 15.2. The summed E-state index contributed by atoms with van der Waals surface area (Å²) in [6.45, 7) is 1.62. The number of rotatable bonds is 12. The number of benzene rings is 1. The summed E-state index contributed by atoms with van der Waals surface area (Å²) in [7, 11) is 2.70.